The molecule has 4 nitrogen and oxygen atoms in total. The van der Waals surface area contributed by atoms with Gasteiger partial charge in [-0.1, -0.05) is 0 Å². The van der Waals surface area contributed by atoms with E-state index in [1.54, 1.807) is 0 Å². The van der Waals surface area contributed by atoms with Crippen LogP contribution in [0.4, 0.5) is 0 Å². The molecule has 0 aromatic heterocycles. The monoisotopic (exact) mass is 171 g/mol. The molecular formula is C8H17N3O. The minimum absolute atomic E-state index is 0.0417. The summed E-state index contributed by atoms with van der Waals surface area (Å²) in [5.74, 6) is -0.247. The summed E-state index contributed by atoms with van der Waals surface area (Å²) in [5.41, 5.74) is 5.24. The number of rotatable bonds is 1. The van der Waals surface area contributed by atoms with Crippen molar-refractivity contribution in [2.75, 3.05) is 26.7 Å². The number of likely N-dealkylation sites (N-methyl/N-ethyl adjacent to an activating group) is 1. The maximum Gasteiger partial charge on any atom is 0.223 e. The van der Waals surface area contributed by atoms with Gasteiger partial charge in [0.25, 0.3) is 0 Å². The van der Waals surface area contributed by atoms with Crippen LogP contribution in [0, 0.1) is 5.92 Å². The molecule has 0 aromatic carbocycles. The Hall–Kier alpha value is -0.610. The molecular weight excluding hydrogens is 154 g/mol. The lowest BCUT2D eigenvalue weighted by atomic mass is 10.1. The lowest BCUT2D eigenvalue weighted by Crippen LogP contribution is -2.36. The summed E-state index contributed by atoms with van der Waals surface area (Å²) in [5, 5.41) is 3.26. The first-order valence-electron chi connectivity index (χ1n) is 4.31. The topological polar surface area (TPSA) is 58.4 Å². The lowest BCUT2D eigenvalue weighted by Gasteiger charge is -2.17. The molecule has 1 aliphatic rings. The number of nitrogens with one attached hydrogen (secondary N) is 1. The Bertz CT molecular complexity index is 172. The third kappa shape index (κ3) is 2.46. The first-order chi connectivity index (χ1) is 5.59. The Morgan fingerprint density at radius 3 is 2.83 bits per heavy atom. The quantitative estimate of drug-likeness (QED) is 0.532. The second-order valence-electron chi connectivity index (χ2n) is 3.63. The number of nitrogens with zero attached hydrogens (tertiary/aromatic N) is 1. The first-order valence-corrected chi connectivity index (χ1v) is 4.31. The summed E-state index contributed by atoms with van der Waals surface area (Å²) >= 11 is 0. The Morgan fingerprint density at radius 2 is 2.25 bits per heavy atom. The molecule has 1 heterocycles. The van der Waals surface area contributed by atoms with E-state index in [2.05, 4.69) is 17.1 Å². The van der Waals surface area contributed by atoms with E-state index in [0.717, 1.165) is 13.1 Å². The van der Waals surface area contributed by atoms with Crippen LogP contribution in [-0.4, -0.2) is 43.5 Å². The number of amides is 1. The average molecular weight is 171 g/mol. The number of nitrogens with two attached hydrogens (primary N) is 1. The molecule has 0 radical (unpaired) electrons. The van der Waals surface area contributed by atoms with E-state index in [1.807, 2.05) is 7.05 Å². The highest BCUT2D eigenvalue weighted by Gasteiger charge is 2.22. The van der Waals surface area contributed by atoms with Gasteiger partial charge in [0.15, 0.2) is 0 Å². The maximum absolute atomic E-state index is 10.9. The Labute approximate surface area is 73.1 Å². The number of primary amides is 1. The molecule has 3 N–H and O–H groups in total. The standard InChI is InChI=1S/C8H17N3O/c1-6-4-11(2)5-7(3-10-6)8(9)12/h6-7,10H,3-5H2,1-2H3,(H2,9,12). The van der Waals surface area contributed by atoms with Crippen molar-refractivity contribution in [3.63, 3.8) is 0 Å². The third-order valence-electron chi connectivity index (χ3n) is 2.23. The first kappa shape index (κ1) is 9.48. The van der Waals surface area contributed by atoms with Crippen molar-refractivity contribution in [1.82, 2.24) is 10.2 Å². The fourth-order valence-corrected chi connectivity index (χ4v) is 1.58. The highest BCUT2D eigenvalue weighted by molar-refractivity contribution is 5.77. The van der Waals surface area contributed by atoms with Crippen LogP contribution in [0.3, 0.4) is 0 Å². The molecule has 2 unspecified atom stereocenters. The molecule has 1 rings (SSSR count). The van der Waals surface area contributed by atoms with Crippen LogP contribution in [0.1, 0.15) is 6.92 Å². The van der Waals surface area contributed by atoms with Gasteiger partial charge in [-0.15, -0.1) is 0 Å². The van der Waals surface area contributed by atoms with Gasteiger partial charge in [0.2, 0.25) is 5.91 Å². The number of carbonyl (C=O) groups excluding carboxylic acids is 1. The van der Waals surface area contributed by atoms with Gasteiger partial charge in [-0.05, 0) is 14.0 Å². The van der Waals surface area contributed by atoms with Crippen molar-refractivity contribution < 1.29 is 4.79 Å². The van der Waals surface area contributed by atoms with Crippen molar-refractivity contribution >= 4 is 5.91 Å². The molecule has 1 saturated heterocycles. The van der Waals surface area contributed by atoms with Gasteiger partial charge in [-0.2, -0.15) is 0 Å². The van der Waals surface area contributed by atoms with Crippen molar-refractivity contribution in [2.45, 2.75) is 13.0 Å². The normalized spacial score (nSPS) is 32.8. The van der Waals surface area contributed by atoms with Gasteiger partial charge in [0.1, 0.15) is 0 Å². The number of hydrogen-bond acceptors (Lipinski definition) is 3. The molecule has 70 valence electrons. The number of hydrogen-bond donors (Lipinski definition) is 2. The molecule has 1 aliphatic heterocycles. The zero-order valence-electron chi connectivity index (χ0n) is 7.71. The van der Waals surface area contributed by atoms with Crippen LogP contribution < -0.4 is 11.1 Å². The second kappa shape index (κ2) is 3.87. The summed E-state index contributed by atoms with van der Waals surface area (Å²) in [6.45, 7) is 4.57. The predicted molar refractivity (Wildman–Crippen MR) is 47.6 cm³/mol. The van der Waals surface area contributed by atoms with Crippen LogP contribution in [-0.2, 0) is 4.79 Å². The van der Waals surface area contributed by atoms with Crippen molar-refractivity contribution in [2.24, 2.45) is 11.7 Å². The zero-order chi connectivity index (χ0) is 9.14. The van der Waals surface area contributed by atoms with Gasteiger partial charge < -0.3 is 16.0 Å². The SMILES string of the molecule is CC1CN(C)CC(C(N)=O)CN1. The van der Waals surface area contributed by atoms with Gasteiger partial charge in [0.05, 0.1) is 5.92 Å². The Kier molecular flexibility index (Phi) is 3.05. The van der Waals surface area contributed by atoms with Crippen LogP contribution in [0.15, 0.2) is 0 Å². The molecule has 12 heavy (non-hydrogen) atoms. The van der Waals surface area contributed by atoms with Gasteiger partial charge >= 0.3 is 0 Å². The highest BCUT2D eigenvalue weighted by atomic mass is 16.1. The maximum atomic E-state index is 10.9. The van der Waals surface area contributed by atoms with Crippen molar-refractivity contribution in [3.05, 3.63) is 0 Å². The highest BCUT2D eigenvalue weighted by Crippen LogP contribution is 2.03. The predicted octanol–water partition coefficient (Wildman–Crippen LogP) is -0.989. The van der Waals surface area contributed by atoms with E-state index < -0.39 is 0 Å². The molecule has 0 aromatic rings. The van der Waals surface area contributed by atoms with Crippen LogP contribution >= 0.6 is 0 Å². The van der Waals surface area contributed by atoms with E-state index in [0.29, 0.717) is 12.6 Å². The van der Waals surface area contributed by atoms with Crippen LogP contribution in [0.5, 0.6) is 0 Å². The van der Waals surface area contributed by atoms with E-state index in [1.165, 1.54) is 0 Å². The van der Waals surface area contributed by atoms with Crippen molar-refractivity contribution in [3.8, 4) is 0 Å². The van der Waals surface area contributed by atoms with E-state index in [4.69, 9.17) is 5.73 Å². The minimum atomic E-state index is -0.205. The van der Waals surface area contributed by atoms with E-state index in [-0.39, 0.29) is 11.8 Å². The molecule has 0 bridgehead atoms. The summed E-state index contributed by atoms with van der Waals surface area (Å²) in [4.78, 5) is 13.1. The number of carbonyl (C=O) groups is 1. The van der Waals surface area contributed by atoms with Crippen LogP contribution in [0.25, 0.3) is 0 Å². The fraction of sp³-hybridized carbons (Fsp3) is 0.875. The molecule has 2 atom stereocenters. The average Bonchev–Trinajstić information content (AvgIpc) is 2.11. The second-order valence-corrected chi connectivity index (χ2v) is 3.63. The molecule has 0 aliphatic carbocycles. The third-order valence-corrected chi connectivity index (χ3v) is 2.23. The molecule has 1 fully saturated rings. The largest absolute Gasteiger partial charge is 0.369 e. The Morgan fingerprint density at radius 1 is 1.58 bits per heavy atom. The van der Waals surface area contributed by atoms with Gasteiger partial charge in [-0.25, -0.2) is 0 Å². The summed E-state index contributed by atoms with van der Waals surface area (Å²) in [7, 11) is 2.01. The minimum Gasteiger partial charge on any atom is -0.369 e. The molecule has 4 heteroatoms. The van der Waals surface area contributed by atoms with Crippen LogP contribution in [0.2, 0.25) is 0 Å². The fourth-order valence-electron chi connectivity index (χ4n) is 1.58. The molecule has 0 saturated carbocycles. The lowest BCUT2D eigenvalue weighted by molar-refractivity contribution is -0.121. The smallest absolute Gasteiger partial charge is 0.223 e. The summed E-state index contributed by atoms with van der Waals surface area (Å²) in [6.07, 6.45) is 0. The molecule has 1 amide bonds. The van der Waals surface area contributed by atoms with E-state index in [9.17, 15) is 4.79 Å². The van der Waals surface area contributed by atoms with E-state index >= 15 is 0 Å². The van der Waals surface area contributed by atoms with Gasteiger partial charge in [0, 0.05) is 25.7 Å². The Balaban J connectivity index is 2.52. The summed E-state index contributed by atoms with van der Waals surface area (Å²) < 4.78 is 0. The zero-order valence-corrected chi connectivity index (χ0v) is 7.71. The van der Waals surface area contributed by atoms with Crippen molar-refractivity contribution in [1.29, 1.82) is 0 Å². The van der Waals surface area contributed by atoms with Gasteiger partial charge in [-0.3, -0.25) is 4.79 Å². The molecule has 0 spiro atoms. The summed E-state index contributed by atoms with van der Waals surface area (Å²) in [6, 6.07) is 0.444.